The fourth-order valence-electron chi connectivity index (χ4n) is 0.233. The first-order chi connectivity index (χ1) is 4.90. The number of nitrogens with zero attached hydrogens (tertiary/aromatic N) is 2. The zero-order chi connectivity index (χ0) is 9.07. The molecule has 0 saturated heterocycles. The highest BCUT2D eigenvalue weighted by Gasteiger charge is 2.11. The number of amidine groups is 1. The Balaban J connectivity index is 4.62. The molecule has 0 aliphatic carbocycles. The zero-order valence-electron chi connectivity index (χ0n) is 6.60. The summed E-state index contributed by atoms with van der Waals surface area (Å²) in [4.78, 5) is 0. The number of rotatable bonds is 2. The summed E-state index contributed by atoms with van der Waals surface area (Å²) in [5.41, 5.74) is 5.02. The van der Waals surface area contributed by atoms with E-state index in [1.165, 1.54) is 21.2 Å². The van der Waals surface area contributed by atoms with Crippen molar-refractivity contribution >= 4 is 16.2 Å². The lowest BCUT2D eigenvalue weighted by molar-refractivity contribution is 0.396. The van der Waals surface area contributed by atoms with Crippen molar-refractivity contribution in [3.63, 3.8) is 0 Å². The lowest BCUT2D eigenvalue weighted by Crippen LogP contribution is -2.24. The fourth-order valence-corrected chi connectivity index (χ4v) is 0.698. The molecule has 66 valence electrons. The summed E-state index contributed by atoms with van der Waals surface area (Å²) >= 11 is 0. The van der Waals surface area contributed by atoms with E-state index in [-0.39, 0.29) is 6.02 Å². The predicted octanol–water partition coefficient (Wildman–Crippen LogP) is -1.25. The van der Waals surface area contributed by atoms with Crippen molar-refractivity contribution in [2.75, 3.05) is 21.2 Å². The van der Waals surface area contributed by atoms with E-state index in [2.05, 4.69) is 9.13 Å². The second-order valence-corrected chi connectivity index (χ2v) is 3.70. The Labute approximate surface area is 65.8 Å². The summed E-state index contributed by atoms with van der Waals surface area (Å²) in [5.74, 6) is 0. The van der Waals surface area contributed by atoms with E-state index in [4.69, 9.17) is 5.73 Å². The summed E-state index contributed by atoms with van der Waals surface area (Å²) in [5, 5.41) is 0. The third-order valence-corrected chi connectivity index (χ3v) is 2.21. The summed E-state index contributed by atoms with van der Waals surface area (Å²) in [7, 11) is 0.300. The molecule has 0 amide bonds. The Morgan fingerprint density at radius 1 is 1.55 bits per heavy atom. The van der Waals surface area contributed by atoms with Crippen LogP contribution in [-0.4, -0.2) is 39.9 Å². The van der Waals surface area contributed by atoms with Gasteiger partial charge in [0.15, 0.2) is 0 Å². The van der Waals surface area contributed by atoms with E-state index in [1.807, 2.05) is 0 Å². The maximum absolute atomic E-state index is 10.9. The van der Waals surface area contributed by atoms with E-state index < -0.39 is 10.2 Å². The fraction of sp³-hybridized carbons (Fsp3) is 0.750. The van der Waals surface area contributed by atoms with Crippen LogP contribution in [0.25, 0.3) is 0 Å². The van der Waals surface area contributed by atoms with Gasteiger partial charge in [0.2, 0.25) is 0 Å². The van der Waals surface area contributed by atoms with E-state index in [1.54, 1.807) is 0 Å². The average Bonchev–Trinajstić information content (AvgIpc) is 1.86. The molecule has 11 heavy (non-hydrogen) atoms. The van der Waals surface area contributed by atoms with Crippen LogP contribution in [0.3, 0.4) is 0 Å². The smallest absolute Gasteiger partial charge is 0.326 e. The quantitative estimate of drug-likeness (QED) is 0.426. The lowest BCUT2D eigenvalue weighted by atomic mass is 11.2. The van der Waals surface area contributed by atoms with Crippen LogP contribution in [0.2, 0.25) is 0 Å². The van der Waals surface area contributed by atoms with Crippen molar-refractivity contribution in [1.29, 1.82) is 0 Å². The summed E-state index contributed by atoms with van der Waals surface area (Å²) in [6.07, 6.45) is 0. The highest BCUT2D eigenvalue weighted by atomic mass is 32.2. The van der Waals surface area contributed by atoms with Crippen LogP contribution in [0.15, 0.2) is 4.40 Å². The maximum atomic E-state index is 10.9. The van der Waals surface area contributed by atoms with Crippen molar-refractivity contribution in [2.45, 2.75) is 0 Å². The van der Waals surface area contributed by atoms with Gasteiger partial charge in [-0.1, -0.05) is 4.40 Å². The molecule has 7 heteroatoms. The summed E-state index contributed by atoms with van der Waals surface area (Å²) in [6, 6.07) is -0.376. The van der Waals surface area contributed by atoms with Gasteiger partial charge in [-0.25, -0.2) is 0 Å². The van der Waals surface area contributed by atoms with Gasteiger partial charge in [-0.15, -0.1) is 0 Å². The molecule has 0 saturated carbocycles. The Bertz CT molecular complexity index is 243. The maximum Gasteiger partial charge on any atom is 0.326 e. The second-order valence-electron chi connectivity index (χ2n) is 1.89. The molecule has 0 aromatic carbocycles. The van der Waals surface area contributed by atoms with Gasteiger partial charge in [-0.05, 0) is 0 Å². The van der Waals surface area contributed by atoms with Crippen molar-refractivity contribution in [2.24, 2.45) is 10.1 Å². The minimum absolute atomic E-state index is 0.376. The van der Waals surface area contributed by atoms with Gasteiger partial charge in [-0.3, -0.25) is 0 Å². The molecule has 0 aliphatic heterocycles. The third kappa shape index (κ3) is 3.19. The van der Waals surface area contributed by atoms with Gasteiger partial charge in [0.05, 0.1) is 7.11 Å². The monoisotopic (exact) mass is 181 g/mol. The molecule has 0 rings (SSSR count). The van der Waals surface area contributed by atoms with Crippen LogP contribution in [0.4, 0.5) is 0 Å². The zero-order valence-corrected chi connectivity index (χ0v) is 7.42. The van der Waals surface area contributed by atoms with Crippen molar-refractivity contribution in [3.05, 3.63) is 0 Å². The Morgan fingerprint density at radius 3 is 2.27 bits per heavy atom. The lowest BCUT2D eigenvalue weighted by Gasteiger charge is -2.05. The number of ether oxygens (including phenoxy) is 1. The van der Waals surface area contributed by atoms with Crippen LogP contribution < -0.4 is 5.73 Å². The van der Waals surface area contributed by atoms with E-state index in [0.717, 1.165) is 4.31 Å². The number of hydrogen-bond acceptors (Lipinski definition) is 3. The second kappa shape index (κ2) is 3.54. The van der Waals surface area contributed by atoms with Crippen LogP contribution >= 0.6 is 0 Å². The van der Waals surface area contributed by atoms with Crippen molar-refractivity contribution in [1.82, 2.24) is 4.31 Å². The highest BCUT2D eigenvalue weighted by molar-refractivity contribution is 7.87. The first-order valence-electron chi connectivity index (χ1n) is 2.72. The molecule has 0 spiro atoms. The topological polar surface area (TPSA) is 85.0 Å². The molecule has 2 N–H and O–H groups in total. The Kier molecular flexibility index (Phi) is 3.27. The molecule has 0 heterocycles. The van der Waals surface area contributed by atoms with Gasteiger partial charge in [-0.2, -0.15) is 12.7 Å². The van der Waals surface area contributed by atoms with Gasteiger partial charge in [0, 0.05) is 14.1 Å². The van der Waals surface area contributed by atoms with Gasteiger partial charge in [0.1, 0.15) is 0 Å². The minimum Gasteiger partial charge on any atom is -0.468 e. The number of methoxy groups -OCH3 is 1. The summed E-state index contributed by atoms with van der Waals surface area (Å²) in [6.45, 7) is 0. The average molecular weight is 181 g/mol. The normalized spacial score (nSPS) is 13.6. The molecule has 0 fully saturated rings. The molecule has 0 radical (unpaired) electrons. The van der Waals surface area contributed by atoms with E-state index in [0.29, 0.717) is 0 Å². The Hall–Kier alpha value is -0.820. The first-order valence-corrected chi connectivity index (χ1v) is 4.11. The molecule has 0 aromatic heterocycles. The molecule has 0 atom stereocenters. The molecular formula is C4H11N3O3S. The molecule has 6 nitrogen and oxygen atoms in total. The van der Waals surface area contributed by atoms with E-state index in [9.17, 15) is 8.42 Å². The minimum atomic E-state index is -3.64. The summed E-state index contributed by atoms with van der Waals surface area (Å²) < 4.78 is 30.1. The van der Waals surface area contributed by atoms with Crippen LogP contribution in [0, 0.1) is 0 Å². The van der Waals surface area contributed by atoms with Crippen molar-refractivity contribution < 1.29 is 13.2 Å². The van der Waals surface area contributed by atoms with Crippen molar-refractivity contribution in [3.8, 4) is 0 Å². The predicted molar refractivity (Wildman–Crippen MR) is 41.2 cm³/mol. The molecular weight excluding hydrogens is 170 g/mol. The van der Waals surface area contributed by atoms with Crippen LogP contribution in [0.1, 0.15) is 0 Å². The largest absolute Gasteiger partial charge is 0.468 e. The molecule has 0 aliphatic rings. The Morgan fingerprint density at radius 2 is 2.00 bits per heavy atom. The molecule has 0 unspecified atom stereocenters. The SMILES string of the molecule is COC(N)=NS(=O)(=O)N(C)C. The van der Waals surface area contributed by atoms with Gasteiger partial charge in [0.25, 0.3) is 6.02 Å². The first kappa shape index (κ1) is 10.2. The highest BCUT2D eigenvalue weighted by Crippen LogP contribution is 1.94. The van der Waals surface area contributed by atoms with Gasteiger partial charge < -0.3 is 10.5 Å². The molecule has 0 aromatic rings. The van der Waals surface area contributed by atoms with Crippen LogP contribution in [-0.2, 0) is 14.9 Å². The van der Waals surface area contributed by atoms with Gasteiger partial charge >= 0.3 is 10.2 Å². The molecule has 0 bridgehead atoms. The third-order valence-electron chi connectivity index (χ3n) is 0.876. The number of hydrogen-bond donors (Lipinski definition) is 1. The standard InChI is InChI=1S/C4H11N3O3S/c1-7(2)11(8,9)6-4(5)10-3/h1-3H3,(H2,5,6). The van der Waals surface area contributed by atoms with E-state index >= 15 is 0 Å². The number of nitrogens with two attached hydrogens (primary N) is 1. The van der Waals surface area contributed by atoms with Crippen LogP contribution in [0.5, 0.6) is 0 Å².